The van der Waals surface area contributed by atoms with E-state index in [-0.39, 0.29) is 10.6 Å². The number of sulfone groups is 1. The maximum absolute atomic E-state index is 13.7. The summed E-state index contributed by atoms with van der Waals surface area (Å²) in [5, 5.41) is 9.23. The third-order valence-corrected chi connectivity index (χ3v) is 5.43. The summed E-state index contributed by atoms with van der Waals surface area (Å²) in [6.45, 7) is 0. The normalized spacial score (nSPS) is 15.0. The van der Waals surface area contributed by atoms with Crippen LogP contribution in [0.4, 0.5) is 15.8 Å². The average Bonchev–Trinajstić information content (AvgIpc) is 2.61. The summed E-state index contributed by atoms with van der Waals surface area (Å²) in [7, 11) is -1.04. The van der Waals surface area contributed by atoms with Crippen LogP contribution in [0, 0.1) is 17.1 Å². The lowest BCUT2D eigenvalue weighted by Crippen LogP contribution is -2.21. The van der Waals surface area contributed by atoms with E-state index in [2.05, 4.69) is 0 Å². The summed E-state index contributed by atoms with van der Waals surface area (Å²) < 4.78 is 49.1. The molecule has 1 aliphatic heterocycles. The van der Waals surface area contributed by atoms with E-state index in [1.807, 2.05) is 0 Å². The smallest absolute Gasteiger partial charge is 0.220 e. The molecule has 2 aromatic carbocycles. The highest BCUT2D eigenvalue weighted by molar-refractivity contribution is 7.95. The first kappa shape index (κ1) is 16.8. The van der Waals surface area contributed by atoms with Gasteiger partial charge in [0.15, 0.2) is 4.91 Å². The van der Waals surface area contributed by atoms with Gasteiger partial charge in [0, 0.05) is 24.4 Å². The molecule has 1 heterocycles. The molecule has 0 unspecified atom stereocenters. The Kier molecular flexibility index (Phi) is 4.10. The second-order valence-corrected chi connectivity index (χ2v) is 7.05. The number of halogens is 1. The summed E-state index contributed by atoms with van der Waals surface area (Å²) in [5.41, 5.74) is 0.569. The first-order valence-corrected chi connectivity index (χ1v) is 8.58. The average molecular weight is 360 g/mol. The van der Waals surface area contributed by atoms with E-state index < -0.39 is 20.6 Å². The lowest BCUT2D eigenvalue weighted by Gasteiger charge is -2.28. The van der Waals surface area contributed by atoms with Crippen LogP contribution in [-0.2, 0) is 9.84 Å². The molecule has 1 aliphatic rings. The number of hydrogen-bond acceptors (Lipinski definition) is 6. The van der Waals surface area contributed by atoms with Crippen LogP contribution < -0.4 is 14.4 Å². The highest BCUT2D eigenvalue weighted by atomic mass is 32.2. The van der Waals surface area contributed by atoms with Gasteiger partial charge >= 0.3 is 0 Å². The molecule has 6 nitrogen and oxygen atoms in total. The zero-order chi connectivity index (χ0) is 18.2. The number of rotatable bonds is 3. The maximum atomic E-state index is 13.7. The zero-order valence-corrected chi connectivity index (χ0v) is 14.2. The van der Waals surface area contributed by atoms with E-state index in [1.165, 1.54) is 19.1 Å². The largest absolute Gasteiger partial charge is 0.497 e. The molecule has 0 fully saturated rings. The van der Waals surface area contributed by atoms with Gasteiger partial charge in [-0.3, -0.25) is 0 Å². The molecule has 128 valence electrons. The van der Waals surface area contributed by atoms with Crippen LogP contribution in [0.5, 0.6) is 11.5 Å². The molecule has 8 heteroatoms. The second kappa shape index (κ2) is 6.11. The van der Waals surface area contributed by atoms with Crippen LogP contribution in [0.2, 0.25) is 0 Å². The monoisotopic (exact) mass is 360 g/mol. The standard InChI is InChI=1S/C17H13FN2O4S/c1-23-13-6-12(7-14(8-13)24-2)20-10-15(9-19)25(21,22)17-4-3-11(18)5-16(17)20/h3-8,10H,1-2H3. The fraction of sp³-hybridized carbons (Fsp3) is 0.118. The molecule has 0 spiro atoms. The molecule has 0 bridgehead atoms. The summed E-state index contributed by atoms with van der Waals surface area (Å²) in [6, 6.07) is 9.87. The molecule has 0 saturated carbocycles. The predicted molar refractivity (Wildman–Crippen MR) is 89.0 cm³/mol. The van der Waals surface area contributed by atoms with Gasteiger partial charge in [0.25, 0.3) is 0 Å². The maximum Gasteiger partial charge on any atom is 0.220 e. The summed E-state index contributed by atoms with van der Waals surface area (Å²) in [6.07, 6.45) is 1.16. The van der Waals surface area contributed by atoms with E-state index in [0.29, 0.717) is 17.2 Å². The van der Waals surface area contributed by atoms with Crippen molar-refractivity contribution >= 4 is 21.2 Å². The number of fused-ring (bicyclic) bond motifs is 1. The van der Waals surface area contributed by atoms with Crippen molar-refractivity contribution in [3.63, 3.8) is 0 Å². The van der Waals surface area contributed by atoms with Crippen molar-refractivity contribution in [1.82, 2.24) is 0 Å². The molecule has 0 aliphatic carbocycles. The van der Waals surface area contributed by atoms with Gasteiger partial charge in [0.1, 0.15) is 23.4 Å². The van der Waals surface area contributed by atoms with Crippen LogP contribution in [-0.4, -0.2) is 22.6 Å². The Bertz CT molecular complexity index is 1000. The van der Waals surface area contributed by atoms with E-state index in [0.717, 1.165) is 24.4 Å². The lowest BCUT2D eigenvalue weighted by atomic mass is 10.2. The van der Waals surface area contributed by atoms with Gasteiger partial charge < -0.3 is 14.4 Å². The summed E-state index contributed by atoms with van der Waals surface area (Å²) in [4.78, 5) is 0.839. The summed E-state index contributed by atoms with van der Waals surface area (Å²) >= 11 is 0. The summed E-state index contributed by atoms with van der Waals surface area (Å²) in [5.74, 6) is 0.336. The first-order chi connectivity index (χ1) is 11.9. The van der Waals surface area contributed by atoms with E-state index >= 15 is 0 Å². The highest BCUT2D eigenvalue weighted by Gasteiger charge is 2.32. The van der Waals surface area contributed by atoms with Gasteiger partial charge in [-0.05, 0) is 18.2 Å². The van der Waals surface area contributed by atoms with Gasteiger partial charge in [-0.1, -0.05) is 0 Å². The third kappa shape index (κ3) is 2.79. The topological polar surface area (TPSA) is 79.6 Å². The van der Waals surface area contributed by atoms with Crippen molar-refractivity contribution in [3.05, 3.63) is 53.3 Å². The quantitative estimate of drug-likeness (QED) is 0.783. The lowest BCUT2D eigenvalue weighted by molar-refractivity contribution is 0.394. The van der Waals surface area contributed by atoms with E-state index in [4.69, 9.17) is 9.47 Å². The van der Waals surface area contributed by atoms with Gasteiger partial charge in [0.05, 0.1) is 30.5 Å². The van der Waals surface area contributed by atoms with Crippen molar-refractivity contribution in [2.24, 2.45) is 0 Å². The number of hydrogen-bond donors (Lipinski definition) is 0. The Balaban J connectivity index is 2.30. The Morgan fingerprint density at radius 2 is 1.72 bits per heavy atom. The van der Waals surface area contributed by atoms with E-state index in [1.54, 1.807) is 24.3 Å². The SMILES string of the molecule is COc1cc(OC)cc(N2C=C(C#N)S(=O)(=O)c3ccc(F)cc32)c1. The third-order valence-electron chi connectivity index (χ3n) is 3.73. The van der Waals surface area contributed by atoms with E-state index in [9.17, 15) is 18.1 Å². The molecular formula is C17H13FN2O4S. The van der Waals surface area contributed by atoms with Crippen molar-refractivity contribution in [2.75, 3.05) is 19.1 Å². The molecule has 0 atom stereocenters. The Morgan fingerprint density at radius 1 is 1.08 bits per heavy atom. The van der Waals surface area contributed by atoms with Crippen LogP contribution in [0.25, 0.3) is 0 Å². The highest BCUT2D eigenvalue weighted by Crippen LogP contribution is 2.41. The second-order valence-electron chi connectivity index (χ2n) is 5.16. The number of nitrogens with zero attached hydrogens (tertiary/aromatic N) is 2. The molecule has 3 rings (SSSR count). The van der Waals surface area contributed by atoms with Crippen LogP contribution in [0.3, 0.4) is 0 Å². The van der Waals surface area contributed by atoms with Gasteiger partial charge in [0.2, 0.25) is 9.84 Å². The first-order valence-electron chi connectivity index (χ1n) is 7.09. The molecule has 0 amide bonds. The number of ether oxygens (including phenoxy) is 2. The van der Waals surface area contributed by atoms with Gasteiger partial charge in [-0.2, -0.15) is 5.26 Å². The minimum atomic E-state index is -3.99. The molecule has 0 saturated heterocycles. The molecule has 0 N–H and O–H groups in total. The number of methoxy groups -OCH3 is 2. The fourth-order valence-electron chi connectivity index (χ4n) is 2.51. The Hall–Kier alpha value is -3.05. The molecular weight excluding hydrogens is 347 g/mol. The van der Waals surface area contributed by atoms with Crippen LogP contribution in [0.15, 0.2) is 52.4 Å². The molecule has 25 heavy (non-hydrogen) atoms. The van der Waals surface area contributed by atoms with Crippen molar-refractivity contribution < 1.29 is 22.3 Å². The molecule has 2 aromatic rings. The number of allylic oxidation sites excluding steroid dienone is 1. The molecule has 0 aromatic heterocycles. The van der Waals surface area contributed by atoms with Crippen LogP contribution in [0.1, 0.15) is 0 Å². The minimum Gasteiger partial charge on any atom is -0.497 e. The van der Waals surface area contributed by atoms with Crippen LogP contribution >= 0.6 is 0 Å². The number of anilines is 2. The van der Waals surface area contributed by atoms with Crippen molar-refractivity contribution in [1.29, 1.82) is 5.26 Å². The predicted octanol–water partition coefficient (Wildman–Crippen LogP) is 3.13. The molecule has 0 radical (unpaired) electrons. The Morgan fingerprint density at radius 3 is 2.28 bits per heavy atom. The number of benzene rings is 2. The van der Waals surface area contributed by atoms with Crippen molar-refractivity contribution in [3.8, 4) is 17.6 Å². The number of nitriles is 1. The fourth-order valence-corrected chi connectivity index (χ4v) is 3.80. The van der Waals surface area contributed by atoms with Gasteiger partial charge in [-0.25, -0.2) is 12.8 Å². The Labute approximate surface area is 144 Å². The minimum absolute atomic E-state index is 0.106. The van der Waals surface area contributed by atoms with Gasteiger partial charge in [-0.15, -0.1) is 0 Å². The van der Waals surface area contributed by atoms with Crippen molar-refractivity contribution in [2.45, 2.75) is 4.90 Å². The zero-order valence-electron chi connectivity index (χ0n) is 13.4.